The van der Waals surface area contributed by atoms with Crippen LogP contribution in [0.2, 0.25) is 0 Å². The number of aromatic nitrogens is 5. The van der Waals surface area contributed by atoms with Gasteiger partial charge in [-0.15, -0.1) is 0 Å². The molecule has 38 heavy (non-hydrogen) atoms. The SMILES string of the molecule is O=C(Nc1cncc(-c2cc3c(-c4cc5c(N6CCCCC6)cccc5[nH]4)n[nH]c3cn2)c1)C1CCCC1. The van der Waals surface area contributed by atoms with Crippen LogP contribution < -0.4 is 10.2 Å². The molecule has 8 nitrogen and oxygen atoms in total. The smallest absolute Gasteiger partial charge is 0.227 e. The monoisotopic (exact) mass is 505 g/mol. The number of anilines is 2. The fourth-order valence-electron chi connectivity index (χ4n) is 6.04. The van der Waals surface area contributed by atoms with E-state index in [-0.39, 0.29) is 11.8 Å². The molecule has 192 valence electrons. The molecule has 1 saturated carbocycles. The number of carbonyl (C=O) groups excluding carboxylic acids is 1. The summed E-state index contributed by atoms with van der Waals surface area (Å²) < 4.78 is 0. The Labute approximate surface area is 220 Å². The van der Waals surface area contributed by atoms with Crippen LogP contribution in [0.5, 0.6) is 0 Å². The Morgan fingerprint density at radius 2 is 1.79 bits per heavy atom. The van der Waals surface area contributed by atoms with E-state index in [9.17, 15) is 4.79 Å². The van der Waals surface area contributed by atoms with Crippen molar-refractivity contribution in [1.29, 1.82) is 0 Å². The maximum Gasteiger partial charge on any atom is 0.227 e. The van der Waals surface area contributed by atoms with Crippen LogP contribution in [0.15, 0.2) is 55.0 Å². The predicted molar refractivity (Wildman–Crippen MR) is 151 cm³/mol. The molecule has 1 aliphatic carbocycles. The molecule has 2 aliphatic rings. The molecule has 0 spiro atoms. The van der Waals surface area contributed by atoms with Gasteiger partial charge in [0.05, 0.1) is 35.0 Å². The summed E-state index contributed by atoms with van der Waals surface area (Å²) in [5.41, 5.74) is 7.46. The third-order valence-electron chi connectivity index (χ3n) is 8.07. The molecular formula is C30H31N7O. The van der Waals surface area contributed by atoms with Gasteiger partial charge < -0.3 is 15.2 Å². The minimum atomic E-state index is 0.0877. The number of H-pyrrole nitrogens is 2. The number of rotatable bonds is 5. The standard InChI is InChI=1S/C30H31N7O/c38-30(19-7-2-3-8-19)33-21-13-20(16-31-17-21)25-15-23-27(18-32-25)35-36-29(23)26-14-22-24(34-26)9-6-10-28(22)37-11-4-1-5-12-37/h6,9-10,13-19,34H,1-5,7-8,11-12H2,(H,33,38)(H,35,36). The summed E-state index contributed by atoms with van der Waals surface area (Å²) in [6.07, 6.45) is 13.3. The number of pyridine rings is 2. The Bertz CT molecular complexity index is 1620. The van der Waals surface area contributed by atoms with Gasteiger partial charge in [-0.3, -0.25) is 19.9 Å². The van der Waals surface area contributed by atoms with Crippen molar-refractivity contribution in [2.75, 3.05) is 23.3 Å². The van der Waals surface area contributed by atoms with Crippen LogP contribution in [0, 0.1) is 5.92 Å². The van der Waals surface area contributed by atoms with Crippen molar-refractivity contribution >= 4 is 39.1 Å². The number of nitrogens with one attached hydrogen (secondary N) is 3. The fourth-order valence-corrected chi connectivity index (χ4v) is 6.04. The molecule has 1 amide bonds. The number of piperidine rings is 1. The van der Waals surface area contributed by atoms with Crippen LogP contribution in [-0.4, -0.2) is 44.1 Å². The van der Waals surface area contributed by atoms with Crippen LogP contribution in [0.1, 0.15) is 44.9 Å². The van der Waals surface area contributed by atoms with E-state index in [1.54, 1.807) is 12.4 Å². The number of fused-ring (bicyclic) bond motifs is 2. The first-order valence-corrected chi connectivity index (χ1v) is 13.7. The zero-order valence-electron chi connectivity index (χ0n) is 21.3. The molecular weight excluding hydrogens is 474 g/mol. The summed E-state index contributed by atoms with van der Waals surface area (Å²) in [5.74, 6) is 0.193. The highest BCUT2D eigenvalue weighted by atomic mass is 16.1. The number of nitrogens with zero attached hydrogens (tertiary/aromatic N) is 4. The number of carbonyl (C=O) groups is 1. The van der Waals surface area contributed by atoms with Crippen molar-refractivity contribution < 1.29 is 4.79 Å². The topological polar surface area (TPSA) is 103 Å². The number of hydrogen-bond donors (Lipinski definition) is 3. The Kier molecular flexibility index (Phi) is 5.80. The van der Waals surface area contributed by atoms with Gasteiger partial charge in [-0.2, -0.15) is 5.10 Å². The van der Waals surface area contributed by atoms with Gasteiger partial charge in [0.1, 0.15) is 5.69 Å². The predicted octanol–water partition coefficient (Wildman–Crippen LogP) is 6.29. The molecule has 1 saturated heterocycles. The van der Waals surface area contributed by atoms with Gasteiger partial charge in [-0.1, -0.05) is 18.9 Å². The zero-order valence-corrected chi connectivity index (χ0v) is 21.3. The average molecular weight is 506 g/mol. The molecule has 0 atom stereocenters. The normalized spacial score (nSPS) is 16.5. The molecule has 1 aliphatic heterocycles. The molecule has 4 aromatic heterocycles. The first kappa shape index (κ1) is 23.0. The van der Waals surface area contributed by atoms with Gasteiger partial charge >= 0.3 is 0 Å². The number of hydrogen-bond acceptors (Lipinski definition) is 5. The van der Waals surface area contributed by atoms with Gasteiger partial charge in [-0.05, 0) is 62.4 Å². The van der Waals surface area contributed by atoms with E-state index < -0.39 is 0 Å². The number of amides is 1. The molecule has 3 N–H and O–H groups in total. The summed E-state index contributed by atoms with van der Waals surface area (Å²) in [4.78, 5) is 27.8. The number of benzene rings is 1. The highest BCUT2D eigenvalue weighted by molar-refractivity contribution is 6.00. The van der Waals surface area contributed by atoms with E-state index in [0.717, 1.165) is 77.8 Å². The van der Waals surface area contributed by atoms with Crippen molar-refractivity contribution in [3.8, 4) is 22.6 Å². The van der Waals surface area contributed by atoms with Gasteiger partial charge in [0.15, 0.2) is 0 Å². The molecule has 0 radical (unpaired) electrons. The van der Waals surface area contributed by atoms with Crippen LogP contribution in [0.3, 0.4) is 0 Å². The second kappa shape index (κ2) is 9.59. The van der Waals surface area contributed by atoms with Crippen molar-refractivity contribution in [3.63, 3.8) is 0 Å². The van der Waals surface area contributed by atoms with Gasteiger partial charge in [0, 0.05) is 52.7 Å². The van der Waals surface area contributed by atoms with Crippen molar-refractivity contribution in [2.24, 2.45) is 5.92 Å². The first-order valence-electron chi connectivity index (χ1n) is 13.7. The molecule has 0 bridgehead atoms. The van der Waals surface area contributed by atoms with Crippen molar-refractivity contribution in [1.82, 2.24) is 25.1 Å². The summed E-state index contributed by atoms with van der Waals surface area (Å²) in [6.45, 7) is 2.21. The van der Waals surface area contributed by atoms with Crippen LogP contribution in [0.25, 0.3) is 44.5 Å². The quantitative estimate of drug-likeness (QED) is 0.261. The summed E-state index contributed by atoms with van der Waals surface area (Å²) in [6, 6.07) is 12.7. The molecule has 2 fully saturated rings. The van der Waals surface area contributed by atoms with E-state index in [1.807, 2.05) is 18.3 Å². The maximum atomic E-state index is 12.6. The van der Waals surface area contributed by atoms with E-state index >= 15 is 0 Å². The lowest BCUT2D eigenvalue weighted by atomic mass is 10.1. The molecule has 0 unspecified atom stereocenters. The third-order valence-corrected chi connectivity index (χ3v) is 8.07. The molecule has 7 rings (SSSR count). The second-order valence-corrected chi connectivity index (χ2v) is 10.6. The highest BCUT2D eigenvalue weighted by Crippen LogP contribution is 2.35. The van der Waals surface area contributed by atoms with Crippen molar-refractivity contribution in [3.05, 3.63) is 55.0 Å². The Balaban J connectivity index is 1.22. The highest BCUT2D eigenvalue weighted by Gasteiger charge is 2.23. The van der Waals surface area contributed by atoms with Crippen LogP contribution in [-0.2, 0) is 4.79 Å². The summed E-state index contributed by atoms with van der Waals surface area (Å²) >= 11 is 0. The lowest BCUT2D eigenvalue weighted by molar-refractivity contribution is -0.119. The molecule has 8 heteroatoms. The van der Waals surface area contributed by atoms with Crippen LogP contribution >= 0.6 is 0 Å². The number of aromatic amines is 2. The van der Waals surface area contributed by atoms with Crippen LogP contribution in [0.4, 0.5) is 11.4 Å². The maximum absolute atomic E-state index is 12.6. The Morgan fingerprint density at radius 3 is 2.66 bits per heavy atom. The Morgan fingerprint density at radius 1 is 0.921 bits per heavy atom. The lowest BCUT2D eigenvalue weighted by Gasteiger charge is -2.29. The zero-order chi connectivity index (χ0) is 25.5. The first-order chi connectivity index (χ1) is 18.7. The lowest BCUT2D eigenvalue weighted by Crippen LogP contribution is -2.29. The minimum Gasteiger partial charge on any atom is -0.371 e. The van der Waals surface area contributed by atoms with Gasteiger partial charge in [0.25, 0.3) is 0 Å². The molecule has 5 heterocycles. The molecule has 1 aromatic carbocycles. The second-order valence-electron chi connectivity index (χ2n) is 10.6. The van der Waals surface area contributed by atoms with Crippen molar-refractivity contribution in [2.45, 2.75) is 44.9 Å². The summed E-state index contributed by atoms with van der Waals surface area (Å²) in [7, 11) is 0. The molecule has 5 aromatic rings. The fraction of sp³-hybridized carbons (Fsp3) is 0.333. The minimum absolute atomic E-state index is 0.0877. The van der Waals surface area contributed by atoms with E-state index in [1.165, 1.54) is 30.3 Å². The largest absolute Gasteiger partial charge is 0.371 e. The van der Waals surface area contributed by atoms with E-state index in [2.05, 4.69) is 59.6 Å². The Hall–Kier alpha value is -4.20. The average Bonchev–Trinajstić information content (AvgIpc) is 3.73. The third kappa shape index (κ3) is 4.20. The van der Waals surface area contributed by atoms with Gasteiger partial charge in [-0.25, -0.2) is 0 Å². The van der Waals surface area contributed by atoms with E-state index in [0.29, 0.717) is 5.69 Å². The van der Waals surface area contributed by atoms with E-state index in [4.69, 9.17) is 0 Å². The van der Waals surface area contributed by atoms with Gasteiger partial charge in [0.2, 0.25) is 5.91 Å². The summed E-state index contributed by atoms with van der Waals surface area (Å²) in [5, 5.41) is 13.1.